The maximum atomic E-state index is 13.2. The summed E-state index contributed by atoms with van der Waals surface area (Å²) in [6, 6.07) is 11.1. The highest BCUT2D eigenvalue weighted by atomic mass is 32.2. The van der Waals surface area contributed by atoms with Crippen LogP contribution in [0.15, 0.2) is 36.4 Å². The van der Waals surface area contributed by atoms with Gasteiger partial charge in [0.05, 0.1) is 32.5 Å². The zero-order chi connectivity index (χ0) is 20.3. The molecule has 152 valence electrons. The Morgan fingerprint density at radius 3 is 2.21 bits per heavy atom. The molecule has 2 aromatic rings. The summed E-state index contributed by atoms with van der Waals surface area (Å²) in [6.45, 7) is 2.44. The van der Waals surface area contributed by atoms with Gasteiger partial charge in [-0.25, -0.2) is 8.42 Å². The van der Waals surface area contributed by atoms with Crippen LogP contribution in [0.25, 0.3) is 0 Å². The van der Waals surface area contributed by atoms with Crippen molar-refractivity contribution in [2.45, 2.75) is 18.1 Å². The average Bonchev–Trinajstić information content (AvgIpc) is 3.19. The van der Waals surface area contributed by atoms with Crippen molar-refractivity contribution in [3.05, 3.63) is 53.1 Å². The van der Waals surface area contributed by atoms with Gasteiger partial charge in [0.25, 0.3) is 0 Å². The predicted octanol–water partition coefficient (Wildman–Crippen LogP) is 3.60. The topological polar surface area (TPSA) is 65.1 Å². The molecule has 0 aromatic heterocycles. The summed E-state index contributed by atoms with van der Waals surface area (Å²) in [5.74, 6) is 2.35. The smallest absolute Gasteiger partial charge is 0.219 e. The zero-order valence-corrected chi connectivity index (χ0v) is 18.1. The second kappa shape index (κ2) is 8.63. The lowest BCUT2D eigenvalue weighted by atomic mass is 10.1. The van der Waals surface area contributed by atoms with Crippen LogP contribution in [0, 0.1) is 6.92 Å². The Kier molecular flexibility index (Phi) is 6.42. The fourth-order valence-corrected chi connectivity index (χ4v) is 6.61. The van der Waals surface area contributed by atoms with Crippen LogP contribution in [0.2, 0.25) is 0 Å². The monoisotopic (exact) mass is 423 g/mol. The molecule has 6 nitrogen and oxygen atoms in total. The summed E-state index contributed by atoms with van der Waals surface area (Å²) in [5, 5.41) is -0.370. The van der Waals surface area contributed by atoms with Gasteiger partial charge >= 0.3 is 0 Å². The average molecular weight is 424 g/mol. The molecule has 0 saturated carbocycles. The molecule has 0 N–H and O–H groups in total. The van der Waals surface area contributed by atoms with Crippen LogP contribution in [-0.4, -0.2) is 46.4 Å². The number of hydrogen-bond acceptors (Lipinski definition) is 6. The van der Waals surface area contributed by atoms with Crippen LogP contribution in [0.3, 0.4) is 0 Å². The normalized spacial score (nSPS) is 17.5. The molecular formula is C20H25NO5S2. The van der Waals surface area contributed by atoms with Crippen molar-refractivity contribution in [2.75, 3.05) is 33.6 Å². The first-order valence-corrected chi connectivity index (χ1v) is 11.5. The van der Waals surface area contributed by atoms with E-state index in [-0.39, 0.29) is 11.1 Å². The fraction of sp³-hybridized carbons (Fsp3) is 0.400. The lowest BCUT2D eigenvalue weighted by molar-refractivity contribution is 0.344. The molecule has 3 rings (SSSR count). The number of ether oxygens (including phenoxy) is 3. The Balaban J connectivity index is 1.95. The van der Waals surface area contributed by atoms with E-state index in [1.807, 2.05) is 31.2 Å². The number of hydrogen-bond donors (Lipinski definition) is 0. The summed E-state index contributed by atoms with van der Waals surface area (Å²) in [7, 11) is 1.18. The molecule has 0 bridgehead atoms. The second-order valence-electron chi connectivity index (χ2n) is 6.52. The van der Waals surface area contributed by atoms with E-state index in [0.29, 0.717) is 23.8 Å². The highest BCUT2D eigenvalue weighted by Crippen LogP contribution is 2.47. The molecule has 1 heterocycles. The highest BCUT2D eigenvalue weighted by Gasteiger charge is 2.38. The first-order valence-electron chi connectivity index (χ1n) is 8.86. The first kappa shape index (κ1) is 20.8. The van der Waals surface area contributed by atoms with Gasteiger partial charge in [-0.2, -0.15) is 4.31 Å². The van der Waals surface area contributed by atoms with E-state index < -0.39 is 10.0 Å². The number of thioether (sulfide) groups is 1. The van der Waals surface area contributed by atoms with Gasteiger partial charge in [0.15, 0.2) is 11.5 Å². The maximum absolute atomic E-state index is 13.2. The van der Waals surface area contributed by atoms with Crippen molar-refractivity contribution in [3.63, 3.8) is 0 Å². The van der Waals surface area contributed by atoms with Crippen molar-refractivity contribution in [2.24, 2.45) is 0 Å². The van der Waals surface area contributed by atoms with Crippen LogP contribution in [0.5, 0.6) is 17.2 Å². The molecule has 1 saturated heterocycles. The fourth-order valence-electron chi connectivity index (χ4n) is 3.21. The number of aryl methyl sites for hydroxylation is 1. The van der Waals surface area contributed by atoms with Gasteiger partial charge in [-0.15, -0.1) is 11.8 Å². The van der Waals surface area contributed by atoms with Crippen molar-refractivity contribution in [1.29, 1.82) is 0 Å². The van der Waals surface area contributed by atoms with Crippen LogP contribution in [-0.2, 0) is 15.8 Å². The number of sulfonamides is 1. The predicted molar refractivity (Wildman–Crippen MR) is 112 cm³/mol. The molecule has 1 aliphatic rings. The van der Waals surface area contributed by atoms with Crippen molar-refractivity contribution in [3.8, 4) is 17.2 Å². The Bertz CT molecular complexity index is 928. The minimum absolute atomic E-state index is 0.0278. The van der Waals surface area contributed by atoms with E-state index in [2.05, 4.69) is 0 Å². The third-order valence-electron chi connectivity index (χ3n) is 4.68. The molecule has 1 atom stereocenters. The Morgan fingerprint density at radius 2 is 1.61 bits per heavy atom. The van der Waals surface area contributed by atoms with Crippen molar-refractivity contribution in [1.82, 2.24) is 4.31 Å². The summed E-state index contributed by atoms with van der Waals surface area (Å²) in [4.78, 5) is 0. The molecule has 1 fully saturated rings. The number of rotatable bonds is 7. The van der Waals surface area contributed by atoms with E-state index >= 15 is 0 Å². The SMILES string of the molecule is COc1cc(OC)c(C2SCCN2S(=O)(=O)Cc2ccc(C)cc2)cc1OC. The second-order valence-corrected chi connectivity index (χ2v) is 9.63. The lowest BCUT2D eigenvalue weighted by Crippen LogP contribution is -2.31. The van der Waals surface area contributed by atoms with Gasteiger partial charge in [0.2, 0.25) is 10.0 Å². The number of nitrogens with zero attached hydrogens (tertiary/aromatic N) is 1. The summed E-state index contributed by atoms with van der Waals surface area (Å²) >= 11 is 1.58. The van der Waals surface area contributed by atoms with E-state index in [4.69, 9.17) is 14.2 Å². The van der Waals surface area contributed by atoms with Gasteiger partial charge < -0.3 is 14.2 Å². The van der Waals surface area contributed by atoms with Crippen molar-refractivity contribution >= 4 is 21.8 Å². The Hall–Kier alpha value is -1.90. The molecule has 8 heteroatoms. The summed E-state index contributed by atoms with van der Waals surface area (Å²) in [5.41, 5.74) is 2.64. The van der Waals surface area contributed by atoms with E-state index in [1.165, 1.54) is 0 Å². The third kappa shape index (κ3) is 4.24. The molecule has 0 amide bonds. The van der Waals surface area contributed by atoms with Crippen LogP contribution < -0.4 is 14.2 Å². The number of methoxy groups -OCH3 is 3. The van der Waals surface area contributed by atoms with Crippen molar-refractivity contribution < 1.29 is 22.6 Å². The van der Waals surface area contributed by atoms with Crippen LogP contribution in [0.4, 0.5) is 0 Å². The summed E-state index contributed by atoms with van der Waals surface area (Å²) in [6.07, 6.45) is 0. The molecule has 0 spiro atoms. The molecule has 2 aromatic carbocycles. The van der Waals surface area contributed by atoms with E-state index in [9.17, 15) is 8.42 Å². The molecule has 0 aliphatic carbocycles. The molecule has 1 aliphatic heterocycles. The molecule has 28 heavy (non-hydrogen) atoms. The third-order valence-corrected chi connectivity index (χ3v) is 7.86. The largest absolute Gasteiger partial charge is 0.496 e. The summed E-state index contributed by atoms with van der Waals surface area (Å²) < 4.78 is 44.1. The number of benzene rings is 2. The molecule has 1 unspecified atom stereocenters. The molecule has 0 radical (unpaired) electrons. The van der Waals surface area contributed by atoms with Crippen LogP contribution in [0.1, 0.15) is 22.1 Å². The minimum Gasteiger partial charge on any atom is -0.496 e. The Morgan fingerprint density at radius 1 is 1.00 bits per heavy atom. The maximum Gasteiger partial charge on any atom is 0.219 e. The van der Waals surface area contributed by atoms with E-state index in [1.54, 1.807) is 49.5 Å². The lowest BCUT2D eigenvalue weighted by Gasteiger charge is -2.25. The minimum atomic E-state index is -3.50. The highest BCUT2D eigenvalue weighted by molar-refractivity contribution is 8.00. The van der Waals surface area contributed by atoms with E-state index in [0.717, 1.165) is 22.4 Å². The standard InChI is InChI=1S/C20H25NO5S2/c1-14-5-7-15(8-6-14)13-28(22,23)21-9-10-27-20(21)16-11-18(25-3)19(26-4)12-17(16)24-2/h5-8,11-12,20H,9-10,13H2,1-4H3. The van der Waals surface area contributed by atoms with Gasteiger partial charge in [-0.05, 0) is 18.6 Å². The quantitative estimate of drug-likeness (QED) is 0.678. The Labute approximate surface area is 170 Å². The zero-order valence-electron chi connectivity index (χ0n) is 16.5. The molecular weight excluding hydrogens is 398 g/mol. The van der Waals surface area contributed by atoms with Gasteiger partial charge in [-0.1, -0.05) is 29.8 Å². The van der Waals surface area contributed by atoms with Crippen LogP contribution >= 0.6 is 11.8 Å². The van der Waals surface area contributed by atoms with Gasteiger partial charge in [0, 0.05) is 23.9 Å². The first-order chi connectivity index (χ1) is 13.4. The van der Waals surface area contributed by atoms with Gasteiger partial charge in [-0.3, -0.25) is 0 Å². The van der Waals surface area contributed by atoms with Gasteiger partial charge in [0.1, 0.15) is 5.75 Å².